The normalized spacial score (nSPS) is 12.6. The Morgan fingerprint density at radius 2 is 1.29 bits per heavy atom. The van der Waals surface area contributed by atoms with Crippen LogP contribution in [0, 0.1) is 0 Å². The summed E-state index contributed by atoms with van der Waals surface area (Å²) in [6.45, 7) is 3.80. The van der Waals surface area contributed by atoms with Gasteiger partial charge in [-0.3, -0.25) is 0 Å². The van der Waals surface area contributed by atoms with E-state index in [1.54, 1.807) is 10.9 Å². The van der Waals surface area contributed by atoms with Gasteiger partial charge in [-0.05, 0) is 64.1 Å². The predicted molar refractivity (Wildman–Crippen MR) is 218 cm³/mol. The Hall–Kier alpha value is -7.19. The number of para-hydroxylation sites is 1. The smallest absolute Gasteiger partial charge is 0.343 e. The van der Waals surface area contributed by atoms with Crippen LogP contribution in [-0.2, 0) is 10.3 Å². The monoisotopic (exact) mass is 731 g/mol. The summed E-state index contributed by atoms with van der Waals surface area (Å²) in [5, 5.41) is 15.3. The Morgan fingerprint density at radius 3 is 1.89 bits per heavy atom. The van der Waals surface area contributed by atoms with Crippen molar-refractivity contribution in [2.75, 3.05) is 6.61 Å². The zero-order valence-electron chi connectivity index (χ0n) is 30.5. The van der Waals surface area contributed by atoms with Crippen LogP contribution in [0.25, 0.3) is 33.4 Å². The molecule has 272 valence electrons. The van der Waals surface area contributed by atoms with Crippen LogP contribution in [0.3, 0.4) is 0 Å². The molecule has 8 nitrogen and oxygen atoms in total. The third-order valence-electron chi connectivity index (χ3n) is 10.2. The number of ether oxygens (including phenoxy) is 2. The minimum absolute atomic E-state index is 0.0934. The number of aromatic nitrogens is 5. The molecule has 0 radical (unpaired) electrons. The van der Waals surface area contributed by atoms with Crippen LogP contribution >= 0.6 is 0 Å². The van der Waals surface area contributed by atoms with Gasteiger partial charge in [0.05, 0.1) is 11.2 Å². The molecule has 0 amide bonds. The first-order chi connectivity index (χ1) is 27.6. The number of carbonyl (C=O) groups excluding carboxylic acids is 1. The molecule has 0 spiro atoms. The Labute approximate surface area is 324 Å². The van der Waals surface area contributed by atoms with Gasteiger partial charge in [-0.15, -0.1) is 15.0 Å². The molecule has 1 fully saturated rings. The second-order valence-corrected chi connectivity index (χ2v) is 13.8. The highest BCUT2D eigenvalue weighted by atomic mass is 16.5. The summed E-state index contributed by atoms with van der Waals surface area (Å²) in [6.07, 6.45) is 3.53. The molecule has 8 heteroatoms. The van der Waals surface area contributed by atoms with Crippen molar-refractivity contribution in [3.8, 4) is 34.0 Å². The van der Waals surface area contributed by atoms with Crippen LogP contribution in [0.5, 0.6) is 11.5 Å². The van der Waals surface area contributed by atoms with Crippen molar-refractivity contribution in [1.29, 1.82) is 0 Å². The number of nitrogens with zero attached hydrogens (tertiary/aromatic N) is 5. The minimum Gasteiger partial charge on any atom is -0.458 e. The number of fused-ring (bicyclic) bond motifs is 1. The molecule has 0 N–H and O–H groups in total. The lowest BCUT2D eigenvalue weighted by Gasteiger charge is -2.34. The van der Waals surface area contributed by atoms with Crippen molar-refractivity contribution < 1.29 is 14.3 Å². The standard InChI is InChI=1S/C48H37N5O3/c1-2-32-55-47(54)43-41-24-14-15-25-42(41)49-44(34-26-27-34)45(43)56-38-30-28-33(29-31-38)39-22-12-13-23-40(39)46-50-52-53(51-46)48(35-16-6-3-7-17-35,36-18-8-4-9-19-36)37-20-10-5-11-21-37/h2-25,28-31,34H,1,26-27,32H2. The zero-order valence-corrected chi connectivity index (χ0v) is 30.5. The predicted octanol–water partition coefficient (Wildman–Crippen LogP) is 10.4. The quantitative estimate of drug-likeness (QED) is 0.0702. The van der Waals surface area contributed by atoms with Crippen LogP contribution in [0.2, 0.25) is 0 Å². The average molecular weight is 732 g/mol. The first-order valence-electron chi connectivity index (χ1n) is 18.7. The van der Waals surface area contributed by atoms with Gasteiger partial charge in [0.1, 0.15) is 17.9 Å². The maximum absolute atomic E-state index is 13.5. The van der Waals surface area contributed by atoms with E-state index >= 15 is 0 Å². The number of hydrogen-bond acceptors (Lipinski definition) is 7. The maximum Gasteiger partial charge on any atom is 0.343 e. The zero-order chi connectivity index (χ0) is 37.9. The summed E-state index contributed by atoms with van der Waals surface area (Å²) in [5.41, 5.74) is 6.72. The molecule has 56 heavy (non-hydrogen) atoms. The molecule has 1 aliphatic rings. The first-order valence-corrected chi connectivity index (χ1v) is 18.7. The lowest BCUT2D eigenvalue weighted by atomic mass is 9.77. The molecule has 2 aromatic heterocycles. The summed E-state index contributed by atoms with van der Waals surface area (Å²) >= 11 is 0. The molecule has 6 aromatic carbocycles. The number of rotatable bonds is 12. The Morgan fingerprint density at radius 1 is 0.714 bits per heavy atom. The molecular weight excluding hydrogens is 695 g/mol. The molecule has 1 aliphatic carbocycles. The minimum atomic E-state index is -0.892. The fourth-order valence-electron chi connectivity index (χ4n) is 7.46. The number of pyridine rings is 1. The highest BCUT2D eigenvalue weighted by Crippen LogP contribution is 2.47. The van der Waals surface area contributed by atoms with E-state index in [-0.39, 0.29) is 12.5 Å². The number of carbonyl (C=O) groups is 1. The van der Waals surface area contributed by atoms with Gasteiger partial charge in [0, 0.05) is 16.9 Å². The third-order valence-corrected chi connectivity index (χ3v) is 10.2. The number of benzene rings is 6. The molecule has 1 saturated carbocycles. The lowest BCUT2D eigenvalue weighted by Crippen LogP contribution is -2.39. The van der Waals surface area contributed by atoms with E-state index in [9.17, 15) is 4.79 Å². The van der Waals surface area contributed by atoms with E-state index in [2.05, 4.69) is 49.0 Å². The first kappa shape index (κ1) is 34.6. The van der Waals surface area contributed by atoms with E-state index in [0.29, 0.717) is 28.3 Å². The molecule has 8 aromatic rings. The number of esters is 1. The Balaban J connectivity index is 1.10. The number of tetrazole rings is 1. The van der Waals surface area contributed by atoms with E-state index in [1.165, 1.54) is 0 Å². The highest BCUT2D eigenvalue weighted by molar-refractivity contribution is 6.06. The fourth-order valence-corrected chi connectivity index (χ4v) is 7.46. The van der Waals surface area contributed by atoms with Gasteiger partial charge in [-0.1, -0.05) is 158 Å². The molecular formula is C48H37N5O3. The van der Waals surface area contributed by atoms with E-state index in [4.69, 9.17) is 29.9 Å². The molecule has 0 aliphatic heterocycles. The van der Waals surface area contributed by atoms with Crippen LogP contribution < -0.4 is 4.74 Å². The number of hydrogen-bond donors (Lipinski definition) is 0. The van der Waals surface area contributed by atoms with Crippen LogP contribution in [-0.4, -0.2) is 37.8 Å². The maximum atomic E-state index is 13.5. The molecule has 0 atom stereocenters. The molecule has 0 saturated heterocycles. The van der Waals surface area contributed by atoms with Crippen LogP contribution in [0.15, 0.2) is 176 Å². The second-order valence-electron chi connectivity index (χ2n) is 13.8. The lowest BCUT2D eigenvalue weighted by molar-refractivity contribution is 0.0549. The molecule has 0 unspecified atom stereocenters. The van der Waals surface area contributed by atoms with Crippen molar-refractivity contribution in [2.24, 2.45) is 0 Å². The van der Waals surface area contributed by atoms with Gasteiger partial charge in [0.2, 0.25) is 5.82 Å². The van der Waals surface area contributed by atoms with Gasteiger partial charge >= 0.3 is 5.97 Å². The van der Waals surface area contributed by atoms with Gasteiger partial charge < -0.3 is 9.47 Å². The van der Waals surface area contributed by atoms with Crippen LogP contribution in [0.1, 0.15) is 51.5 Å². The van der Waals surface area contributed by atoms with Gasteiger partial charge in [0.25, 0.3) is 0 Å². The summed E-state index contributed by atoms with van der Waals surface area (Å²) in [6, 6.07) is 54.4. The van der Waals surface area contributed by atoms with E-state index < -0.39 is 11.5 Å². The largest absolute Gasteiger partial charge is 0.458 e. The van der Waals surface area contributed by atoms with Gasteiger partial charge in [-0.25, -0.2) is 9.78 Å². The summed E-state index contributed by atoms with van der Waals surface area (Å²) in [4.78, 5) is 20.3. The van der Waals surface area contributed by atoms with Crippen molar-refractivity contribution in [2.45, 2.75) is 24.3 Å². The summed E-state index contributed by atoms with van der Waals surface area (Å²) < 4.78 is 12.2. The topological polar surface area (TPSA) is 92.0 Å². The Bertz CT molecular complexity index is 2560. The summed E-state index contributed by atoms with van der Waals surface area (Å²) in [7, 11) is 0. The van der Waals surface area contributed by atoms with Crippen molar-refractivity contribution in [3.63, 3.8) is 0 Å². The summed E-state index contributed by atoms with van der Waals surface area (Å²) in [5.74, 6) is 1.25. The van der Waals surface area contributed by atoms with Crippen molar-refractivity contribution >= 4 is 16.9 Å². The van der Waals surface area contributed by atoms with Crippen molar-refractivity contribution in [1.82, 2.24) is 25.2 Å². The van der Waals surface area contributed by atoms with E-state index in [0.717, 1.165) is 57.4 Å². The molecule has 2 heterocycles. The fraction of sp³-hybridized carbons (Fsp3) is 0.104. The van der Waals surface area contributed by atoms with E-state index in [1.807, 2.05) is 121 Å². The average Bonchev–Trinajstić information content (AvgIpc) is 4.00. The van der Waals surface area contributed by atoms with Gasteiger partial charge in [-0.2, -0.15) is 0 Å². The Kier molecular flexibility index (Phi) is 9.21. The SMILES string of the molecule is C=CCOC(=O)c1c(Oc2ccc(-c3ccccc3-c3nnn(C(c4ccccc4)(c4ccccc4)c4ccccc4)n3)cc2)c(C2CC2)nc2ccccc12. The van der Waals surface area contributed by atoms with Crippen molar-refractivity contribution in [3.05, 3.63) is 204 Å². The highest BCUT2D eigenvalue weighted by Gasteiger charge is 2.41. The third kappa shape index (κ3) is 6.31. The molecule has 0 bridgehead atoms. The van der Waals surface area contributed by atoms with Crippen LogP contribution in [0.4, 0.5) is 0 Å². The van der Waals surface area contributed by atoms with Gasteiger partial charge in [0.15, 0.2) is 11.3 Å². The second kappa shape index (κ2) is 14.9. The molecule has 9 rings (SSSR count).